The van der Waals surface area contributed by atoms with Crippen molar-refractivity contribution < 1.29 is 28.2 Å². The minimum Gasteiger partial charge on any atom is -0.479 e. The van der Waals surface area contributed by atoms with Crippen LogP contribution in [0.2, 0.25) is 0 Å². The minimum absolute atomic E-state index is 0.101. The Bertz CT molecular complexity index is 368. The van der Waals surface area contributed by atoms with Crippen LogP contribution in [0.4, 0.5) is 8.78 Å². The molecule has 0 saturated carbocycles. The molecule has 1 rings (SSSR count). The predicted octanol–water partition coefficient (Wildman–Crippen LogP) is 2.06. The monoisotopic (exact) mass is 232 g/mol. The second-order valence-electron chi connectivity index (χ2n) is 2.90. The van der Waals surface area contributed by atoms with E-state index in [2.05, 4.69) is 4.74 Å². The highest BCUT2D eigenvalue weighted by Crippen LogP contribution is 2.22. The SMILES string of the molecule is COC(C(=O)O)c1cccc(OC(F)F)c1. The largest absolute Gasteiger partial charge is 0.479 e. The van der Waals surface area contributed by atoms with Gasteiger partial charge in [-0.2, -0.15) is 8.78 Å². The number of aliphatic carboxylic acids is 1. The summed E-state index contributed by atoms with van der Waals surface area (Å²) in [6.07, 6.45) is -1.19. The predicted molar refractivity (Wildman–Crippen MR) is 50.5 cm³/mol. The molecule has 0 aliphatic rings. The van der Waals surface area contributed by atoms with E-state index in [0.717, 1.165) is 0 Å². The Balaban J connectivity index is 2.92. The molecule has 0 radical (unpaired) electrons. The van der Waals surface area contributed by atoms with Gasteiger partial charge in [0.05, 0.1) is 0 Å². The third kappa shape index (κ3) is 3.16. The first-order chi connectivity index (χ1) is 7.54. The lowest BCUT2D eigenvalue weighted by Gasteiger charge is -2.12. The van der Waals surface area contributed by atoms with Crippen molar-refractivity contribution in [1.29, 1.82) is 0 Å². The van der Waals surface area contributed by atoms with Gasteiger partial charge in [0.25, 0.3) is 0 Å². The number of carbonyl (C=O) groups is 1. The van der Waals surface area contributed by atoms with Gasteiger partial charge in [0.15, 0.2) is 6.10 Å². The summed E-state index contributed by atoms with van der Waals surface area (Å²) in [7, 11) is 1.22. The molecule has 1 aromatic rings. The molecule has 16 heavy (non-hydrogen) atoms. The molecule has 0 heterocycles. The van der Waals surface area contributed by atoms with Crippen LogP contribution < -0.4 is 4.74 Å². The van der Waals surface area contributed by atoms with Gasteiger partial charge in [-0.1, -0.05) is 12.1 Å². The van der Waals surface area contributed by atoms with E-state index >= 15 is 0 Å². The molecule has 0 saturated heterocycles. The van der Waals surface area contributed by atoms with Crippen LogP contribution in [0.5, 0.6) is 5.75 Å². The van der Waals surface area contributed by atoms with E-state index in [0.29, 0.717) is 0 Å². The Morgan fingerprint density at radius 2 is 2.12 bits per heavy atom. The number of carboxylic acid groups (broad SMARTS) is 1. The van der Waals surface area contributed by atoms with Crippen molar-refractivity contribution in [1.82, 2.24) is 0 Å². The lowest BCUT2D eigenvalue weighted by atomic mass is 10.1. The van der Waals surface area contributed by atoms with Crippen molar-refractivity contribution in [3.8, 4) is 5.75 Å². The number of methoxy groups -OCH3 is 1. The molecule has 0 bridgehead atoms. The fourth-order valence-corrected chi connectivity index (χ4v) is 1.23. The topological polar surface area (TPSA) is 55.8 Å². The molecule has 1 unspecified atom stereocenters. The highest BCUT2D eigenvalue weighted by Gasteiger charge is 2.19. The van der Waals surface area contributed by atoms with Crippen molar-refractivity contribution >= 4 is 5.97 Å². The van der Waals surface area contributed by atoms with E-state index in [1.165, 1.54) is 31.4 Å². The average molecular weight is 232 g/mol. The number of hydrogen-bond acceptors (Lipinski definition) is 3. The summed E-state index contributed by atoms with van der Waals surface area (Å²) in [5, 5.41) is 8.79. The van der Waals surface area contributed by atoms with Crippen molar-refractivity contribution in [2.45, 2.75) is 12.7 Å². The summed E-state index contributed by atoms with van der Waals surface area (Å²) < 4.78 is 32.7. The third-order valence-electron chi connectivity index (χ3n) is 1.85. The highest BCUT2D eigenvalue weighted by molar-refractivity contribution is 5.74. The van der Waals surface area contributed by atoms with E-state index in [-0.39, 0.29) is 11.3 Å². The average Bonchev–Trinajstić information content (AvgIpc) is 2.17. The number of carboxylic acids is 1. The highest BCUT2D eigenvalue weighted by atomic mass is 19.3. The maximum absolute atomic E-state index is 11.9. The minimum atomic E-state index is -2.94. The lowest BCUT2D eigenvalue weighted by Crippen LogP contribution is -2.13. The van der Waals surface area contributed by atoms with Gasteiger partial charge in [-0.05, 0) is 17.7 Å². The fraction of sp³-hybridized carbons (Fsp3) is 0.300. The number of alkyl halides is 2. The summed E-state index contributed by atoms with van der Waals surface area (Å²) in [5.74, 6) is -1.30. The van der Waals surface area contributed by atoms with E-state index in [4.69, 9.17) is 9.84 Å². The lowest BCUT2D eigenvalue weighted by molar-refractivity contribution is -0.148. The summed E-state index contributed by atoms with van der Waals surface area (Å²) >= 11 is 0. The van der Waals surface area contributed by atoms with E-state index < -0.39 is 18.7 Å². The summed E-state index contributed by atoms with van der Waals surface area (Å²) in [4.78, 5) is 10.8. The summed E-state index contributed by atoms with van der Waals surface area (Å²) in [6.45, 7) is -2.94. The Morgan fingerprint density at radius 1 is 1.44 bits per heavy atom. The van der Waals surface area contributed by atoms with Crippen molar-refractivity contribution in [3.63, 3.8) is 0 Å². The second kappa shape index (κ2) is 5.41. The van der Waals surface area contributed by atoms with Crippen LogP contribution in [0.25, 0.3) is 0 Å². The van der Waals surface area contributed by atoms with Crippen LogP contribution in [-0.4, -0.2) is 24.8 Å². The van der Waals surface area contributed by atoms with Gasteiger partial charge in [0.2, 0.25) is 0 Å². The van der Waals surface area contributed by atoms with Crippen LogP contribution in [0.1, 0.15) is 11.7 Å². The quantitative estimate of drug-likeness (QED) is 0.844. The summed E-state index contributed by atoms with van der Waals surface area (Å²) in [5.41, 5.74) is 0.244. The molecule has 1 atom stereocenters. The molecule has 1 N–H and O–H groups in total. The maximum Gasteiger partial charge on any atom is 0.387 e. The third-order valence-corrected chi connectivity index (χ3v) is 1.85. The van der Waals surface area contributed by atoms with Gasteiger partial charge in [0, 0.05) is 7.11 Å². The van der Waals surface area contributed by atoms with E-state index in [9.17, 15) is 13.6 Å². The molecular weight excluding hydrogens is 222 g/mol. The fourth-order valence-electron chi connectivity index (χ4n) is 1.23. The number of hydrogen-bond donors (Lipinski definition) is 1. The number of benzene rings is 1. The number of halogens is 2. The van der Waals surface area contributed by atoms with Gasteiger partial charge >= 0.3 is 12.6 Å². The maximum atomic E-state index is 11.9. The zero-order valence-corrected chi connectivity index (χ0v) is 8.39. The van der Waals surface area contributed by atoms with E-state index in [1.807, 2.05) is 0 Å². The van der Waals surface area contributed by atoms with Crippen molar-refractivity contribution in [3.05, 3.63) is 29.8 Å². The van der Waals surface area contributed by atoms with Crippen molar-refractivity contribution in [2.24, 2.45) is 0 Å². The molecule has 88 valence electrons. The van der Waals surface area contributed by atoms with Crippen molar-refractivity contribution in [2.75, 3.05) is 7.11 Å². The zero-order chi connectivity index (χ0) is 12.1. The van der Waals surface area contributed by atoms with Gasteiger partial charge in [-0.25, -0.2) is 4.79 Å². The van der Waals surface area contributed by atoms with Gasteiger partial charge < -0.3 is 14.6 Å². The molecular formula is C10H10F2O4. The first kappa shape index (κ1) is 12.4. The standard InChI is InChI=1S/C10H10F2O4/c1-15-8(9(13)14)6-3-2-4-7(5-6)16-10(11)12/h2-5,8,10H,1H3,(H,13,14). The molecule has 0 aromatic heterocycles. The van der Waals surface area contributed by atoms with Gasteiger partial charge in [-0.15, -0.1) is 0 Å². The molecule has 1 aromatic carbocycles. The Morgan fingerprint density at radius 3 is 2.62 bits per heavy atom. The van der Waals surface area contributed by atoms with Gasteiger partial charge in [-0.3, -0.25) is 0 Å². The normalized spacial score (nSPS) is 12.5. The molecule has 0 spiro atoms. The molecule has 0 aliphatic heterocycles. The van der Waals surface area contributed by atoms with Crippen LogP contribution in [-0.2, 0) is 9.53 Å². The number of ether oxygens (including phenoxy) is 2. The first-order valence-electron chi connectivity index (χ1n) is 4.35. The van der Waals surface area contributed by atoms with Crippen LogP contribution in [0, 0.1) is 0 Å². The number of rotatable bonds is 5. The van der Waals surface area contributed by atoms with Crippen LogP contribution in [0.15, 0.2) is 24.3 Å². The molecule has 0 aliphatic carbocycles. The molecule has 0 fully saturated rings. The van der Waals surface area contributed by atoms with E-state index in [1.54, 1.807) is 0 Å². The van der Waals surface area contributed by atoms with Gasteiger partial charge in [0.1, 0.15) is 5.75 Å². The first-order valence-corrected chi connectivity index (χ1v) is 4.35. The Kier molecular flexibility index (Phi) is 4.19. The summed E-state index contributed by atoms with van der Waals surface area (Å²) in [6, 6.07) is 5.39. The zero-order valence-electron chi connectivity index (χ0n) is 8.39. The Hall–Kier alpha value is -1.69. The van der Waals surface area contributed by atoms with Crippen LogP contribution in [0.3, 0.4) is 0 Å². The molecule has 0 amide bonds. The second-order valence-corrected chi connectivity index (χ2v) is 2.90. The van der Waals surface area contributed by atoms with Crippen LogP contribution >= 0.6 is 0 Å². The Labute approximate surface area is 90.4 Å². The molecule has 6 heteroatoms. The molecule has 4 nitrogen and oxygen atoms in total. The smallest absolute Gasteiger partial charge is 0.387 e.